The van der Waals surface area contributed by atoms with E-state index in [1.54, 1.807) is 6.92 Å². The number of carboxylic acid groups (broad SMARTS) is 1. The minimum atomic E-state index is -1.20. The van der Waals surface area contributed by atoms with Gasteiger partial charge in [0.1, 0.15) is 17.1 Å². The number of hydrogen-bond acceptors (Lipinski definition) is 5. The molecule has 0 fully saturated rings. The Kier molecular flexibility index (Phi) is 5.99. The second kappa shape index (κ2) is 7.73. The lowest BCUT2D eigenvalue weighted by molar-refractivity contribution is -0.122. The van der Waals surface area contributed by atoms with Crippen LogP contribution in [-0.4, -0.2) is 43.3 Å². The van der Waals surface area contributed by atoms with Crippen molar-refractivity contribution in [1.29, 1.82) is 0 Å². The SMILES string of the molecule is CCNC(=O)NC(=O)COc1cc(OC)ccc1C(=O)O. The molecule has 1 rings (SSSR count). The monoisotopic (exact) mass is 296 g/mol. The van der Waals surface area contributed by atoms with Crippen molar-refractivity contribution in [2.75, 3.05) is 20.3 Å². The van der Waals surface area contributed by atoms with Crippen molar-refractivity contribution in [1.82, 2.24) is 10.6 Å². The molecule has 0 aromatic heterocycles. The predicted molar refractivity (Wildman–Crippen MR) is 72.7 cm³/mol. The molecule has 0 atom stereocenters. The highest BCUT2D eigenvalue weighted by atomic mass is 16.5. The molecule has 0 unspecified atom stereocenters. The Balaban J connectivity index is 2.71. The number of hydrogen-bond donors (Lipinski definition) is 3. The van der Waals surface area contributed by atoms with Crippen LogP contribution in [0.25, 0.3) is 0 Å². The number of aromatic carboxylic acids is 1. The highest BCUT2D eigenvalue weighted by Crippen LogP contribution is 2.24. The summed E-state index contributed by atoms with van der Waals surface area (Å²) in [5.74, 6) is -1.52. The molecule has 0 bridgehead atoms. The van der Waals surface area contributed by atoms with E-state index in [0.29, 0.717) is 12.3 Å². The minimum Gasteiger partial charge on any atom is -0.497 e. The van der Waals surface area contributed by atoms with Gasteiger partial charge in [-0.15, -0.1) is 0 Å². The van der Waals surface area contributed by atoms with E-state index >= 15 is 0 Å². The lowest BCUT2D eigenvalue weighted by Crippen LogP contribution is -2.41. The van der Waals surface area contributed by atoms with Gasteiger partial charge in [0.25, 0.3) is 5.91 Å². The molecule has 1 aromatic carbocycles. The van der Waals surface area contributed by atoms with E-state index in [1.165, 1.54) is 25.3 Å². The third-order valence-corrected chi connectivity index (χ3v) is 2.37. The van der Waals surface area contributed by atoms with Crippen LogP contribution in [0.3, 0.4) is 0 Å². The predicted octanol–water partition coefficient (Wildman–Crippen LogP) is 0.618. The van der Waals surface area contributed by atoms with Crippen LogP contribution in [-0.2, 0) is 4.79 Å². The molecule has 3 amide bonds. The maximum Gasteiger partial charge on any atom is 0.339 e. The van der Waals surface area contributed by atoms with Crippen LogP contribution in [0.4, 0.5) is 4.79 Å². The fourth-order valence-electron chi connectivity index (χ4n) is 1.44. The van der Waals surface area contributed by atoms with Crippen LogP contribution in [0, 0.1) is 0 Å². The van der Waals surface area contributed by atoms with E-state index in [-0.39, 0.29) is 11.3 Å². The lowest BCUT2D eigenvalue weighted by Gasteiger charge is -2.10. The molecule has 0 heterocycles. The zero-order chi connectivity index (χ0) is 15.8. The minimum absolute atomic E-state index is 0.0205. The van der Waals surface area contributed by atoms with Crippen molar-refractivity contribution >= 4 is 17.9 Å². The van der Waals surface area contributed by atoms with Gasteiger partial charge in [-0.1, -0.05) is 0 Å². The van der Waals surface area contributed by atoms with Gasteiger partial charge < -0.3 is 19.9 Å². The Morgan fingerprint density at radius 2 is 2.00 bits per heavy atom. The zero-order valence-corrected chi connectivity index (χ0v) is 11.6. The Morgan fingerprint density at radius 3 is 2.57 bits per heavy atom. The van der Waals surface area contributed by atoms with Crippen LogP contribution >= 0.6 is 0 Å². The standard InChI is InChI=1S/C13H16N2O6/c1-3-14-13(19)15-11(16)7-21-10-6-8(20-2)4-5-9(10)12(17)18/h4-6H,3,7H2,1-2H3,(H,17,18)(H2,14,15,16,19). The van der Waals surface area contributed by atoms with Crippen LogP contribution in [0.1, 0.15) is 17.3 Å². The van der Waals surface area contributed by atoms with Crippen LogP contribution < -0.4 is 20.1 Å². The van der Waals surface area contributed by atoms with Crippen molar-refractivity contribution in [2.45, 2.75) is 6.92 Å². The third-order valence-electron chi connectivity index (χ3n) is 2.37. The summed E-state index contributed by atoms with van der Waals surface area (Å²) in [5, 5.41) is 13.4. The number of amides is 3. The summed E-state index contributed by atoms with van der Waals surface area (Å²) in [6, 6.07) is 3.47. The third kappa shape index (κ3) is 5.01. The first-order valence-electron chi connectivity index (χ1n) is 6.09. The summed E-state index contributed by atoms with van der Waals surface area (Å²) >= 11 is 0. The molecule has 1 aromatic rings. The van der Waals surface area contributed by atoms with Crippen molar-refractivity contribution in [2.24, 2.45) is 0 Å². The molecule has 21 heavy (non-hydrogen) atoms. The van der Waals surface area contributed by atoms with Gasteiger partial charge >= 0.3 is 12.0 Å². The van der Waals surface area contributed by atoms with Gasteiger partial charge in [-0.05, 0) is 19.1 Å². The second-order valence-corrected chi connectivity index (χ2v) is 3.86. The normalized spacial score (nSPS) is 9.62. The largest absolute Gasteiger partial charge is 0.497 e. The van der Waals surface area contributed by atoms with E-state index in [9.17, 15) is 14.4 Å². The fourth-order valence-corrected chi connectivity index (χ4v) is 1.44. The van der Waals surface area contributed by atoms with Crippen molar-refractivity contribution in [3.63, 3.8) is 0 Å². The molecule has 0 saturated carbocycles. The Hall–Kier alpha value is -2.77. The average Bonchev–Trinajstić information content (AvgIpc) is 2.44. The first-order valence-corrected chi connectivity index (χ1v) is 6.09. The van der Waals surface area contributed by atoms with Crippen molar-refractivity contribution in [3.8, 4) is 11.5 Å². The Labute approximate surface area is 121 Å². The van der Waals surface area contributed by atoms with E-state index in [0.717, 1.165) is 0 Å². The molecule has 3 N–H and O–H groups in total. The molecule has 0 aliphatic carbocycles. The summed E-state index contributed by atoms with van der Waals surface area (Å²) in [6.07, 6.45) is 0. The van der Waals surface area contributed by atoms with E-state index in [4.69, 9.17) is 14.6 Å². The smallest absolute Gasteiger partial charge is 0.339 e. The average molecular weight is 296 g/mol. The maximum atomic E-state index is 11.5. The van der Waals surface area contributed by atoms with Gasteiger partial charge in [-0.25, -0.2) is 9.59 Å². The topological polar surface area (TPSA) is 114 Å². The molecule has 8 nitrogen and oxygen atoms in total. The first kappa shape index (κ1) is 16.3. The summed E-state index contributed by atoms with van der Waals surface area (Å²) in [5.41, 5.74) is -0.110. The summed E-state index contributed by atoms with van der Waals surface area (Å²) in [7, 11) is 1.42. The Morgan fingerprint density at radius 1 is 1.29 bits per heavy atom. The molecule has 8 heteroatoms. The van der Waals surface area contributed by atoms with Crippen LogP contribution in [0.5, 0.6) is 11.5 Å². The number of benzene rings is 1. The highest BCUT2D eigenvalue weighted by Gasteiger charge is 2.14. The van der Waals surface area contributed by atoms with Crippen molar-refractivity contribution in [3.05, 3.63) is 23.8 Å². The molecular weight excluding hydrogens is 280 g/mol. The number of carboxylic acids is 1. The lowest BCUT2D eigenvalue weighted by atomic mass is 10.2. The maximum absolute atomic E-state index is 11.5. The van der Waals surface area contributed by atoms with Gasteiger partial charge in [-0.2, -0.15) is 0 Å². The fraction of sp³-hybridized carbons (Fsp3) is 0.308. The van der Waals surface area contributed by atoms with Crippen LogP contribution in [0.15, 0.2) is 18.2 Å². The van der Waals surface area contributed by atoms with Gasteiger partial charge in [0.15, 0.2) is 6.61 Å². The van der Waals surface area contributed by atoms with Gasteiger partial charge in [0, 0.05) is 12.6 Å². The Bertz CT molecular complexity index is 543. The molecule has 114 valence electrons. The summed E-state index contributed by atoms with van der Waals surface area (Å²) in [4.78, 5) is 33.6. The molecule has 0 saturated heterocycles. The number of nitrogens with one attached hydrogen (secondary N) is 2. The number of carbonyl (C=O) groups excluding carboxylic acids is 2. The summed E-state index contributed by atoms with van der Waals surface area (Å²) < 4.78 is 10.1. The molecule has 0 aliphatic rings. The highest BCUT2D eigenvalue weighted by molar-refractivity contribution is 5.95. The second-order valence-electron chi connectivity index (χ2n) is 3.86. The number of imide groups is 1. The van der Waals surface area contributed by atoms with E-state index in [1.807, 2.05) is 5.32 Å². The van der Waals surface area contributed by atoms with Gasteiger partial charge in [-0.3, -0.25) is 10.1 Å². The van der Waals surface area contributed by atoms with Gasteiger partial charge in [0.05, 0.1) is 7.11 Å². The molecule has 0 aliphatic heterocycles. The summed E-state index contributed by atoms with van der Waals surface area (Å²) in [6.45, 7) is 1.58. The zero-order valence-electron chi connectivity index (χ0n) is 11.6. The van der Waals surface area contributed by atoms with E-state index < -0.39 is 24.5 Å². The number of carbonyl (C=O) groups is 3. The molecular formula is C13H16N2O6. The van der Waals surface area contributed by atoms with Crippen LogP contribution in [0.2, 0.25) is 0 Å². The first-order chi connectivity index (χ1) is 9.97. The van der Waals surface area contributed by atoms with Gasteiger partial charge in [0.2, 0.25) is 0 Å². The van der Waals surface area contributed by atoms with E-state index in [2.05, 4.69) is 5.32 Å². The molecule has 0 radical (unpaired) electrons. The number of methoxy groups -OCH3 is 1. The molecule has 0 spiro atoms. The number of rotatable bonds is 6. The van der Waals surface area contributed by atoms with Crippen molar-refractivity contribution < 1.29 is 29.0 Å². The quantitative estimate of drug-likeness (QED) is 0.709. The number of urea groups is 1. The number of ether oxygens (including phenoxy) is 2.